The van der Waals surface area contributed by atoms with Crippen LogP contribution in [0.1, 0.15) is 23.6 Å². The van der Waals surface area contributed by atoms with Crippen LogP contribution in [0, 0.1) is 13.8 Å². The molecule has 0 aliphatic carbocycles. The van der Waals surface area contributed by atoms with Crippen molar-refractivity contribution in [3.8, 4) is 5.75 Å². The highest BCUT2D eigenvalue weighted by Crippen LogP contribution is 2.29. The summed E-state index contributed by atoms with van der Waals surface area (Å²) in [4.78, 5) is 5.00. The fourth-order valence-corrected chi connectivity index (χ4v) is 3.56. The fourth-order valence-electron chi connectivity index (χ4n) is 3.56. The Bertz CT molecular complexity index is 655. The monoisotopic (exact) mass is 324 g/mol. The van der Waals surface area contributed by atoms with Crippen LogP contribution in [0.2, 0.25) is 0 Å². The summed E-state index contributed by atoms with van der Waals surface area (Å²) in [6.45, 7) is 12.4. The molecule has 1 aliphatic heterocycles. The van der Waals surface area contributed by atoms with E-state index in [0.717, 1.165) is 38.5 Å². The number of rotatable bonds is 5. The van der Waals surface area contributed by atoms with Crippen LogP contribution >= 0.6 is 0 Å². The van der Waals surface area contributed by atoms with Crippen molar-refractivity contribution in [1.29, 1.82) is 0 Å². The van der Waals surface area contributed by atoms with Gasteiger partial charge < -0.3 is 9.64 Å². The summed E-state index contributed by atoms with van der Waals surface area (Å²) in [5, 5.41) is 0. The van der Waals surface area contributed by atoms with E-state index in [4.69, 9.17) is 4.74 Å². The summed E-state index contributed by atoms with van der Waals surface area (Å²) in [6.07, 6.45) is 0. The van der Waals surface area contributed by atoms with Crippen LogP contribution in [0.4, 0.5) is 5.69 Å². The van der Waals surface area contributed by atoms with E-state index in [9.17, 15) is 0 Å². The zero-order valence-electron chi connectivity index (χ0n) is 15.1. The maximum Gasteiger partial charge on any atom is 0.142 e. The molecule has 3 heteroatoms. The summed E-state index contributed by atoms with van der Waals surface area (Å²) in [5.41, 5.74) is 5.37. The third-order valence-electron chi connectivity index (χ3n) is 4.57. The molecule has 2 aromatic carbocycles. The molecule has 3 nitrogen and oxygen atoms in total. The molecule has 24 heavy (non-hydrogen) atoms. The van der Waals surface area contributed by atoms with Crippen LogP contribution in [-0.4, -0.2) is 37.7 Å². The highest BCUT2D eigenvalue weighted by molar-refractivity contribution is 5.58. The summed E-state index contributed by atoms with van der Waals surface area (Å²) in [5.74, 6) is 1.00. The van der Waals surface area contributed by atoms with Crippen LogP contribution < -0.4 is 9.64 Å². The third kappa shape index (κ3) is 4.09. The Balaban J connectivity index is 1.62. The van der Waals surface area contributed by atoms with Gasteiger partial charge in [-0.2, -0.15) is 0 Å². The van der Waals surface area contributed by atoms with Crippen molar-refractivity contribution < 1.29 is 4.74 Å². The maximum atomic E-state index is 5.78. The lowest BCUT2D eigenvalue weighted by molar-refractivity contribution is 0.248. The molecule has 0 atom stereocenters. The molecule has 0 amide bonds. The minimum absolute atomic E-state index is 0.712. The van der Waals surface area contributed by atoms with E-state index in [2.05, 4.69) is 60.0 Å². The second-order valence-corrected chi connectivity index (χ2v) is 6.66. The summed E-state index contributed by atoms with van der Waals surface area (Å²) < 4.78 is 5.78. The van der Waals surface area contributed by atoms with Crippen LogP contribution in [0.25, 0.3) is 0 Å². The molecule has 0 aromatic heterocycles. The Kier molecular flexibility index (Phi) is 5.41. The SMILES string of the molecule is CCOc1ccccc1N1CCN(Cc2cc(C)cc(C)c2)CC1. The van der Waals surface area contributed by atoms with E-state index in [1.165, 1.54) is 22.4 Å². The van der Waals surface area contributed by atoms with E-state index < -0.39 is 0 Å². The first-order valence-corrected chi connectivity index (χ1v) is 8.92. The normalized spacial score (nSPS) is 15.5. The van der Waals surface area contributed by atoms with Gasteiger partial charge in [0.15, 0.2) is 0 Å². The van der Waals surface area contributed by atoms with E-state index >= 15 is 0 Å². The minimum Gasteiger partial charge on any atom is -0.492 e. The van der Waals surface area contributed by atoms with Crippen molar-refractivity contribution >= 4 is 5.69 Å². The van der Waals surface area contributed by atoms with E-state index in [0.29, 0.717) is 6.61 Å². The van der Waals surface area contributed by atoms with Gasteiger partial charge in [0, 0.05) is 32.7 Å². The first-order chi connectivity index (χ1) is 11.7. The average molecular weight is 324 g/mol. The molecule has 0 saturated carbocycles. The van der Waals surface area contributed by atoms with Gasteiger partial charge in [-0.3, -0.25) is 4.90 Å². The summed E-state index contributed by atoms with van der Waals surface area (Å²) >= 11 is 0. The Hall–Kier alpha value is -2.00. The Morgan fingerprint density at radius 2 is 1.58 bits per heavy atom. The van der Waals surface area contributed by atoms with Crippen molar-refractivity contribution in [3.63, 3.8) is 0 Å². The molecule has 0 unspecified atom stereocenters. The number of anilines is 1. The topological polar surface area (TPSA) is 15.7 Å². The van der Waals surface area contributed by atoms with Gasteiger partial charge >= 0.3 is 0 Å². The molecule has 0 spiro atoms. The van der Waals surface area contributed by atoms with Crippen LogP contribution in [0.5, 0.6) is 5.75 Å². The van der Waals surface area contributed by atoms with E-state index in [-0.39, 0.29) is 0 Å². The number of hydrogen-bond acceptors (Lipinski definition) is 3. The van der Waals surface area contributed by atoms with Gasteiger partial charge in [-0.25, -0.2) is 0 Å². The smallest absolute Gasteiger partial charge is 0.142 e. The van der Waals surface area contributed by atoms with Crippen molar-refractivity contribution in [2.24, 2.45) is 0 Å². The van der Waals surface area contributed by atoms with Crippen molar-refractivity contribution in [2.75, 3.05) is 37.7 Å². The first kappa shape index (κ1) is 16.8. The second-order valence-electron chi connectivity index (χ2n) is 6.66. The lowest BCUT2D eigenvalue weighted by Crippen LogP contribution is -2.46. The Labute approximate surface area is 145 Å². The average Bonchev–Trinajstić information content (AvgIpc) is 2.56. The molecular weight excluding hydrogens is 296 g/mol. The first-order valence-electron chi connectivity index (χ1n) is 8.92. The third-order valence-corrected chi connectivity index (χ3v) is 4.57. The standard InChI is InChI=1S/C21H28N2O/c1-4-24-21-8-6-5-7-20(21)23-11-9-22(10-12-23)16-19-14-17(2)13-18(3)15-19/h5-8,13-15H,4,9-12,16H2,1-3H3. The number of hydrogen-bond donors (Lipinski definition) is 0. The molecule has 1 aliphatic rings. The number of piperazine rings is 1. The van der Waals surface area contributed by atoms with Gasteiger partial charge in [0.1, 0.15) is 5.75 Å². The molecule has 3 rings (SSSR count). The molecule has 1 fully saturated rings. The number of nitrogens with zero attached hydrogens (tertiary/aromatic N) is 2. The molecular formula is C21H28N2O. The van der Waals surface area contributed by atoms with Gasteiger partial charge in [0.25, 0.3) is 0 Å². The lowest BCUT2D eigenvalue weighted by Gasteiger charge is -2.36. The largest absolute Gasteiger partial charge is 0.492 e. The van der Waals surface area contributed by atoms with E-state index in [1.54, 1.807) is 0 Å². The lowest BCUT2D eigenvalue weighted by atomic mass is 10.1. The van der Waals surface area contributed by atoms with Crippen molar-refractivity contribution in [1.82, 2.24) is 4.90 Å². The maximum absolute atomic E-state index is 5.78. The van der Waals surface area contributed by atoms with Gasteiger partial charge in [-0.05, 0) is 38.5 Å². The zero-order valence-corrected chi connectivity index (χ0v) is 15.1. The second kappa shape index (κ2) is 7.71. The number of benzene rings is 2. The van der Waals surface area contributed by atoms with Crippen molar-refractivity contribution in [3.05, 3.63) is 59.2 Å². The molecule has 0 bridgehead atoms. The highest BCUT2D eigenvalue weighted by Gasteiger charge is 2.19. The fraction of sp³-hybridized carbons (Fsp3) is 0.429. The number of aryl methyl sites for hydroxylation is 2. The molecule has 0 radical (unpaired) electrons. The Morgan fingerprint density at radius 1 is 0.917 bits per heavy atom. The van der Waals surface area contributed by atoms with Gasteiger partial charge in [-0.1, -0.05) is 41.5 Å². The molecule has 1 saturated heterocycles. The Morgan fingerprint density at radius 3 is 2.25 bits per heavy atom. The molecule has 2 aromatic rings. The van der Waals surface area contributed by atoms with Gasteiger partial charge in [0.05, 0.1) is 12.3 Å². The van der Waals surface area contributed by atoms with Crippen molar-refractivity contribution in [2.45, 2.75) is 27.3 Å². The zero-order chi connectivity index (χ0) is 16.9. The van der Waals surface area contributed by atoms with Crippen LogP contribution in [0.3, 0.4) is 0 Å². The predicted molar refractivity (Wildman–Crippen MR) is 101 cm³/mol. The number of ether oxygens (including phenoxy) is 1. The molecule has 0 N–H and O–H groups in total. The predicted octanol–water partition coefficient (Wildman–Crippen LogP) is 4.02. The molecule has 128 valence electrons. The quantitative estimate of drug-likeness (QED) is 0.826. The molecule has 1 heterocycles. The van der Waals surface area contributed by atoms with Gasteiger partial charge in [-0.15, -0.1) is 0 Å². The van der Waals surface area contributed by atoms with Crippen LogP contribution in [-0.2, 0) is 6.54 Å². The summed E-state index contributed by atoms with van der Waals surface area (Å²) in [6, 6.07) is 15.2. The minimum atomic E-state index is 0.712. The summed E-state index contributed by atoms with van der Waals surface area (Å²) in [7, 11) is 0. The van der Waals surface area contributed by atoms with E-state index in [1.807, 2.05) is 13.0 Å². The van der Waals surface area contributed by atoms with Gasteiger partial charge in [0.2, 0.25) is 0 Å². The highest BCUT2D eigenvalue weighted by atomic mass is 16.5. The van der Waals surface area contributed by atoms with Crippen LogP contribution in [0.15, 0.2) is 42.5 Å². The number of para-hydroxylation sites is 2.